The molecule has 0 heterocycles. The van der Waals surface area contributed by atoms with Crippen LogP contribution < -0.4 is 5.32 Å². The molecule has 0 radical (unpaired) electrons. The van der Waals surface area contributed by atoms with E-state index in [1.165, 1.54) is 0 Å². The molecule has 0 saturated heterocycles. The Hall–Kier alpha value is -1.35. The average Bonchev–Trinajstić information content (AvgIpc) is 3.20. The van der Waals surface area contributed by atoms with Crippen LogP contribution >= 0.6 is 15.9 Å². The second-order valence-corrected chi connectivity index (χ2v) is 7.44. The molecule has 1 aromatic rings. The van der Waals surface area contributed by atoms with Gasteiger partial charge in [-0.2, -0.15) is 0 Å². The molecular formula is C20H24BrNO. The van der Waals surface area contributed by atoms with Crippen LogP contribution in [0, 0.1) is 17.8 Å². The minimum absolute atomic E-state index is 0.191. The Morgan fingerprint density at radius 1 is 0.957 bits per heavy atom. The predicted molar refractivity (Wildman–Crippen MR) is 99.2 cm³/mol. The first-order valence-electron chi connectivity index (χ1n) is 8.62. The highest BCUT2D eigenvalue weighted by Gasteiger charge is 2.52. The van der Waals surface area contributed by atoms with Crippen LogP contribution in [0.5, 0.6) is 0 Å². The van der Waals surface area contributed by atoms with Gasteiger partial charge in [0.1, 0.15) is 0 Å². The summed E-state index contributed by atoms with van der Waals surface area (Å²) in [6.07, 6.45) is 15.9. The van der Waals surface area contributed by atoms with Gasteiger partial charge in [-0.1, -0.05) is 46.3 Å². The zero-order valence-corrected chi connectivity index (χ0v) is 15.0. The first kappa shape index (κ1) is 16.5. The summed E-state index contributed by atoms with van der Waals surface area (Å²) < 4.78 is 0.993. The average molecular weight is 374 g/mol. The highest BCUT2D eigenvalue weighted by atomic mass is 79.9. The third kappa shape index (κ3) is 4.57. The van der Waals surface area contributed by atoms with Gasteiger partial charge in [-0.3, -0.25) is 4.79 Å². The van der Waals surface area contributed by atoms with Gasteiger partial charge in [0.25, 0.3) is 0 Å². The van der Waals surface area contributed by atoms with Gasteiger partial charge in [-0.15, -0.1) is 0 Å². The molecule has 1 fully saturated rings. The van der Waals surface area contributed by atoms with E-state index in [1.807, 2.05) is 24.3 Å². The van der Waals surface area contributed by atoms with Gasteiger partial charge in [0.15, 0.2) is 0 Å². The minimum Gasteiger partial charge on any atom is -0.326 e. The lowest BCUT2D eigenvalue weighted by Gasteiger charge is -2.05. The lowest BCUT2D eigenvalue weighted by atomic mass is 10.1. The van der Waals surface area contributed by atoms with Crippen LogP contribution in [0.25, 0.3) is 0 Å². The van der Waals surface area contributed by atoms with Gasteiger partial charge < -0.3 is 5.32 Å². The second-order valence-electron chi connectivity index (χ2n) is 6.53. The van der Waals surface area contributed by atoms with Gasteiger partial charge in [-0.05, 0) is 68.6 Å². The number of carbonyl (C=O) groups is 1. The number of hydrogen-bond acceptors (Lipinski definition) is 1. The van der Waals surface area contributed by atoms with Crippen LogP contribution in [0.15, 0.2) is 53.0 Å². The van der Waals surface area contributed by atoms with Crippen molar-refractivity contribution in [1.29, 1.82) is 0 Å². The van der Waals surface area contributed by atoms with Gasteiger partial charge in [0, 0.05) is 16.1 Å². The molecular weight excluding hydrogens is 350 g/mol. The number of allylic oxidation sites excluding steroid dienone is 4. The molecule has 1 amide bonds. The molecule has 1 saturated carbocycles. The summed E-state index contributed by atoms with van der Waals surface area (Å²) in [4.78, 5) is 12.6. The van der Waals surface area contributed by atoms with Crippen LogP contribution in [-0.2, 0) is 4.79 Å². The van der Waals surface area contributed by atoms with E-state index in [-0.39, 0.29) is 11.8 Å². The third-order valence-corrected chi connectivity index (χ3v) is 5.39. The molecule has 1 aromatic carbocycles. The number of halogens is 1. The molecule has 0 unspecified atom stereocenters. The molecule has 2 nitrogen and oxygen atoms in total. The fraction of sp³-hybridized carbons (Fsp3) is 0.450. The summed E-state index contributed by atoms with van der Waals surface area (Å²) in [5, 5.41) is 3.09. The number of anilines is 1. The monoisotopic (exact) mass is 373 g/mol. The van der Waals surface area contributed by atoms with Gasteiger partial charge in [0.05, 0.1) is 0 Å². The molecule has 2 aliphatic carbocycles. The van der Waals surface area contributed by atoms with E-state index >= 15 is 0 Å². The SMILES string of the molecule is O=C(Nc1cccc(Br)c1)C1[C@@H]2CCC=CCCC=CCC[C@@H]12. The molecule has 122 valence electrons. The molecule has 0 spiro atoms. The van der Waals surface area contributed by atoms with Crippen LogP contribution in [0.4, 0.5) is 5.69 Å². The van der Waals surface area contributed by atoms with E-state index < -0.39 is 0 Å². The van der Waals surface area contributed by atoms with E-state index in [1.54, 1.807) is 0 Å². The molecule has 2 aliphatic rings. The van der Waals surface area contributed by atoms with Crippen molar-refractivity contribution in [1.82, 2.24) is 0 Å². The molecule has 3 heteroatoms. The first-order chi connectivity index (χ1) is 11.3. The number of hydrogen-bond donors (Lipinski definition) is 1. The molecule has 0 aromatic heterocycles. The van der Waals surface area contributed by atoms with Crippen LogP contribution in [0.2, 0.25) is 0 Å². The Morgan fingerprint density at radius 2 is 1.57 bits per heavy atom. The Labute approximate surface area is 147 Å². The Balaban J connectivity index is 1.61. The number of nitrogens with one attached hydrogen (secondary N) is 1. The maximum atomic E-state index is 12.6. The summed E-state index contributed by atoms with van der Waals surface area (Å²) >= 11 is 3.45. The van der Waals surface area contributed by atoms with Crippen molar-refractivity contribution in [3.05, 3.63) is 53.0 Å². The lowest BCUT2D eigenvalue weighted by Crippen LogP contribution is -2.15. The van der Waals surface area contributed by atoms with Crippen LogP contribution in [-0.4, -0.2) is 5.91 Å². The van der Waals surface area contributed by atoms with E-state index in [2.05, 4.69) is 45.6 Å². The van der Waals surface area contributed by atoms with E-state index in [4.69, 9.17) is 0 Å². The van der Waals surface area contributed by atoms with Crippen molar-refractivity contribution < 1.29 is 4.79 Å². The quantitative estimate of drug-likeness (QED) is 0.660. The Morgan fingerprint density at radius 3 is 2.17 bits per heavy atom. The smallest absolute Gasteiger partial charge is 0.228 e. The summed E-state index contributed by atoms with van der Waals surface area (Å²) in [7, 11) is 0. The van der Waals surface area contributed by atoms with E-state index in [9.17, 15) is 4.79 Å². The van der Waals surface area contributed by atoms with Gasteiger partial charge in [0.2, 0.25) is 5.91 Å². The Bertz CT molecular complexity index is 583. The molecule has 1 N–H and O–H groups in total. The molecule has 0 aliphatic heterocycles. The van der Waals surface area contributed by atoms with Gasteiger partial charge >= 0.3 is 0 Å². The fourth-order valence-corrected chi connectivity index (χ4v) is 4.05. The van der Waals surface area contributed by atoms with Crippen molar-refractivity contribution in [3.8, 4) is 0 Å². The standard InChI is InChI=1S/C20H24BrNO/c21-15-10-9-11-16(14-15)22-20(23)19-17-12-7-5-3-1-2-4-6-8-13-18(17)19/h3-6,9-11,14,17-19H,1-2,7-8,12-13H2,(H,22,23)/t17-,18-,19?/m1/s1. The normalized spacial score (nSPS) is 27.4. The lowest BCUT2D eigenvalue weighted by molar-refractivity contribution is -0.117. The van der Waals surface area contributed by atoms with Crippen LogP contribution in [0.1, 0.15) is 38.5 Å². The van der Waals surface area contributed by atoms with Crippen molar-refractivity contribution in [2.45, 2.75) is 38.5 Å². The summed E-state index contributed by atoms with van der Waals surface area (Å²) in [5.41, 5.74) is 0.881. The van der Waals surface area contributed by atoms with Crippen molar-refractivity contribution in [3.63, 3.8) is 0 Å². The Kier molecular flexibility index (Phi) is 5.71. The van der Waals surface area contributed by atoms with Crippen molar-refractivity contribution in [2.24, 2.45) is 17.8 Å². The summed E-state index contributed by atoms with van der Waals surface area (Å²) in [6, 6.07) is 7.83. The fourth-order valence-electron chi connectivity index (χ4n) is 3.65. The zero-order valence-electron chi connectivity index (χ0n) is 13.4. The van der Waals surface area contributed by atoms with E-state index in [0.29, 0.717) is 11.8 Å². The van der Waals surface area contributed by atoms with Crippen LogP contribution in [0.3, 0.4) is 0 Å². The first-order valence-corrected chi connectivity index (χ1v) is 9.41. The molecule has 23 heavy (non-hydrogen) atoms. The maximum Gasteiger partial charge on any atom is 0.228 e. The molecule has 0 bridgehead atoms. The third-order valence-electron chi connectivity index (χ3n) is 4.89. The maximum absolute atomic E-state index is 12.6. The largest absolute Gasteiger partial charge is 0.326 e. The number of amides is 1. The topological polar surface area (TPSA) is 29.1 Å². The number of benzene rings is 1. The zero-order chi connectivity index (χ0) is 16.1. The van der Waals surface area contributed by atoms with Crippen molar-refractivity contribution in [2.75, 3.05) is 5.32 Å². The van der Waals surface area contributed by atoms with E-state index in [0.717, 1.165) is 48.7 Å². The predicted octanol–water partition coefficient (Wildman–Crippen LogP) is 5.72. The number of carbonyl (C=O) groups excluding carboxylic acids is 1. The van der Waals surface area contributed by atoms with Gasteiger partial charge in [-0.25, -0.2) is 0 Å². The van der Waals surface area contributed by atoms with Crippen molar-refractivity contribution >= 4 is 27.5 Å². The summed E-state index contributed by atoms with van der Waals surface area (Å²) in [5.74, 6) is 1.50. The highest BCUT2D eigenvalue weighted by molar-refractivity contribution is 9.10. The number of fused-ring (bicyclic) bond motifs is 1. The molecule has 3 rings (SSSR count). The minimum atomic E-state index is 0.191. The number of rotatable bonds is 2. The molecule has 2 atom stereocenters. The summed E-state index contributed by atoms with van der Waals surface area (Å²) in [6.45, 7) is 0. The highest BCUT2D eigenvalue weighted by Crippen LogP contribution is 2.52. The second kappa shape index (κ2) is 7.96.